The second kappa shape index (κ2) is 13.7. The minimum absolute atomic E-state index is 0.109. The molecule has 1 fully saturated rings. The van der Waals surface area contributed by atoms with E-state index < -0.39 is 23.8 Å². The van der Waals surface area contributed by atoms with E-state index in [0.717, 1.165) is 30.4 Å². The average molecular weight is 556 g/mol. The quantitative estimate of drug-likeness (QED) is 0.369. The zero-order valence-corrected chi connectivity index (χ0v) is 24.6. The van der Waals surface area contributed by atoms with Crippen molar-refractivity contribution in [2.45, 2.75) is 77.1 Å². The van der Waals surface area contributed by atoms with Crippen molar-refractivity contribution in [2.75, 3.05) is 24.4 Å². The Hall–Kier alpha value is -3.20. The fraction of sp³-hybridized carbons (Fsp3) is 0.500. The van der Waals surface area contributed by atoms with E-state index in [1.165, 1.54) is 0 Å². The second-order valence-electron chi connectivity index (χ2n) is 10.8. The number of nitrogens with zero attached hydrogens (tertiary/aromatic N) is 1. The number of nitrogens with one attached hydrogen (secondary N) is 2. The Bertz CT molecular complexity index is 1130. The largest absolute Gasteiger partial charge is 0.497 e. The van der Waals surface area contributed by atoms with Crippen LogP contribution in [0.25, 0.3) is 0 Å². The molecule has 1 saturated carbocycles. The molecule has 0 bridgehead atoms. The molecular formula is C30H41N3O5S. The van der Waals surface area contributed by atoms with Crippen molar-refractivity contribution in [1.29, 1.82) is 0 Å². The number of anilines is 1. The van der Waals surface area contributed by atoms with Crippen LogP contribution in [0.1, 0.15) is 63.6 Å². The maximum atomic E-state index is 14.3. The van der Waals surface area contributed by atoms with Gasteiger partial charge in [-0.15, -0.1) is 0 Å². The van der Waals surface area contributed by atoms with E-state index in [2.05, 4.69) is 10.6 Å². The third kappa shape index (κ3) is 8.65. The number of carbonyl (C=O) groups excluding carboxylic acids is 3. The standard InChI is InChI=1S/C30H41N3O5S/c1-20-9-7-10-21(19-20)26(27(34)31-22-13-15-24(37-5)16-14-22)33(23-11-8-12-23)28(35)25(17-18-39-6)32-29(36)38-30(2,3)4/h7,9-10,13-16,19,23,25-26H,8,11-12,17-18H2,1-6H3,(H,31,34)(H,32,36). The van der Waals surface area contributed by atoms with Gasteiger partial charge in [0.1, 0.15) is 23.4 Å². The van der Waals surface area contributed by atoms with Gasteiger partial charge < -0.3 is 25.0 Å². The van der Waals surface area contributed by atoms with Crippen molar-refractivity contribution in [1.82, 2.24) is 10.2 Å². The Labute approximate surface area is 236 Å². The lowest BCUT2D eigenvalue weighted by molar-refractivity contribution is -0.145. The summed E-state index contributed by atoms with van der Waals surface area (Å²) in [4.78, 5) is 42.7. The maximum Gasteiger partial charge on any atom is 0.408 e. The van der Waals surface area contributed by atoms with E-state index >= 15 is 0 Å². The van der Waals surface area contributed by atoms with Gasteiger partial charge in [0.15, 0.2) is 0 Å². The number of benzene rings is 2. The van der Waals surface area contributed by atoms with Gasteiger partial charge in [0.2, 0.25) is 5.91 Å². The summed E-state index contributed by atoms with van der Waals surface area (Å²) >= 11 is 1.59. The van der Waals surface area contributed by atoms with Crippen LogP contribution in [0.3, 0.4) is 0 Å². The summed E-state index contributed by atoms with van der Waals surface area (Å²) in [6, 6.07) is 12.9. The highest BCUT2D eigenvalue weighted by molar-refractivity contribution is 7.98. The SMILES string of the molecule is COc1ccc(NC(=O)C(c2cccc(C)c2)N(C(=O)C(CCSC)NC(=O)OC(C)(C)C)C2CCC2)cc1. The Balaban J connectivity index is 1.99. The van der Waals surface area contributed by atoms with Crippen LogP contribution < -0.4 is 15.4 Å². The molecule has 0 radical (unpaired) electrons. The molecule has 3 rings (SSSR count). The highest BCUT2D eigenvalue weighted by Gasteiger charge is 2.42. The van der Waals surface area contributed by atoms with Crippen molar-refractivity contribution >= 4 is 35.4 Å². The molecule has 2 atom stereocenters. The van der Waals surface area contributed by atoms with Crippen molar-refractivity contribution in [3.8, 4) is 5.75 Å². The number of hydrogen-bond acceptors (Lipinski definition) is 6. The van der Waals surface area contributed by atoms with Crippen LogP contribution in [0.5, 0.6) is 5.75 Å². The summed E-state index contributed by atoms with van der Waals surface area (Å²) in [5.41, 5.74) is 1.61. The van der Waals surface area contributed by atoms with Gasteiger partial charge in [-0.05, 0) is 95.2 Å². The molecule has 2 N–H and O–H groups in total. The summed E-state index contributed by atoms with van der Waals surface area (Å²) in [5, 5.41) is 5.80. The number of hydrogen-bond donors (Lipinski definition) is 2. The van der Waals surface area contributed by atoms with Gasteiger partial charge in [0, 0.05) is 11.7 Å². The smallest absolute Gasteiger partial charge is 0.408 e. The number of thioether (sulfide) groups is 1. The minimum atomic E-state index is -0.873. The molecule has 0 spiro atoms. The van der Waals surface area contributed by atoms with Gasteiger partial charge in [-0.2, -0.15) is 11.8 Å². The lowest BCUT2D eigenvalue weighted by atomic mass is 9.87. The fourth-order valence-corrected chi connectivity index (χ4v) is 4.94. The zero-order chi connectivity index (χ0) is 28.6. The van der Waals surface area contributed by atoms with E-state index in [9.17, 15) is 14.4 Å². The van der Waals surface area contributed by atoms with Gasteiger partial charge in [-0.25, -0.2) is 4.79 Å². The Kier molecular flexibility index (Phi) is 10.7. The Morgan fingerprint density at radius 1 is 1.10 bits per heavy atom. The van der Waals surface area contributed by atoms with Gasteiger partial charge in [-0.3, -0.25) is 9.59 Å². The molecule has 1 aliphatic rings. The predicted molar refractivity (Wildman–Crippen MR) is 156 cm³/mol. The molecule has 0 saturated heterocycles. The lowest BCUT2D eigenvalue weighted by Crippen LogP contribution is -2.57. The van der Waals surface area contributed by atoms with Crippen LogP contribution in [0, 0.1) is 6.92 Å². The topological polar surface area (TPSA) is 97.0 Å². The Morgan fingerprint density at radius 2 is 1.79 bits per heavy atom. The number of amides is 3. The second-order valence-corrected chi connectivity index (χ2v) is 11.8. The first kappa shape index (κ1) is 30.3. The van der Waals surface area contributed by atoms with Crippen molar-refractivity contribution < 1.29 is 23.9 Å². The first-order chi connectivity index (χ1) is 18.5. The fourth-order valence-electron chi connectivity index (χ4n) is 4.47. The average Bonchev–Trinajstić information content (AvgIpc) is 2.84. The molecule has 2 aromatic carbocycles. The Morgan fingerprint density at radius 3 is 2.33 bits per heavy atom. The number of aryl methyl sites for hydroxylation is 1. The number of carbonyl (C=O) groups is 3. The monoisotopic (exact) mass is 555 g/mol. The summed E-state index contributed by atoms with van der Waals surface area (Å²) < 4.78 is 10.7. The summed E-state index contributed by atoms with van der Waals surface area (Å²) in [5.74, 6) is 0.750. The maximum absolute atomic E-state index is 14.3. The molecule has 8 nitrogen and oxygen atoms in total. The highest BCUT2D eigenvalue weighted by atomic mass is 32.2. The first-order valence-electron chi connectivity index (χ1n) is 13.3. The van der Waals surface area contributed by atoms with Crippen molar-refractivity contribution in [3.63, 3.8) is 0 Å². The number of alkyl carbamates (subject to hydrolysis) is 1. The van der Waals surface area contributed by atoms with E-state index in [1.54, 1.807) is 68.8 Å². The van der Waals surface area contributed by atoms with E-state index in [4.69, 9.17) is 9.47 Å². The molecule has 3 amide bonds. The molecule has 212 valence electrons. The molecule has 0 heterocycles. The van der Waals surface area contributed by atoms with Gasteiger partial charge in [-0.1, -0.05) is 29.8 Å². The van der Waals surface area contributed by atoms with Crippen molar-refractivity contribution in [2.24, 2.45) is 0 Å². The summed E-state index contributed by atoms with van der Waals surface area (Å²) in [7, 11) is 1.59. The van der Waals surface area contributed by atoms with Gasteiger partial charge in [0.05, 0.1) is 7.11 Å². The van der Waals surface area contributed by atoms with Gasteiger partial charge in [0.25, 0.3) is 5.91 Å². The number of rotatable bonds is 11. The van der Waals surface area contributed by atoms with Crippen LogP contribution in [-0.4, -0.2) is 59.6 Å². The molecule has 0 aliphatic heterocycles. The molecule has 39 heavy (non-hydrogen) atoms. The van der Waals surface area contributed by atoms with E-state index in [0.29, 0.717) is 23.6 Å². The van der Waals surface area contributed by atoms with Crippen LogP contribution in [0.2, 0.25) is 0 Å². The molecule has 1 aliphatic carbocycles. The third-order valence-corrected chi connectivity index (χ3v) is 7.21. The van der Waals surface area contributed by atoms with Crippen LogP contribution in [-0.2, 0) is 14.3 Å². The van der Waals surface area contributed by atoms with Crippen LogP contribution in [0.15, 0.2) is 48.5 Å². The molecule has 2 aromatic rings. The van der Waals surface area contributed by atoms with Gasteiger partial charge >= 0.3 is 6.09 Å². The predicted octanol–water partition coefficient (Wildman–Crippen LogP) is 5.71. The third-order valence-electron chi connectivity index (χ3n) is 6.56. The molecule has 2 unspecified atom stereocenters. The summed E-state index contributed by atoms with van der Waals surface area (Å²) in [6.45, 7) is 7.30. The first-order valence-corrected chi connectivity index (χ1v) is 14.7. The summed E-state index contributed by atoms with van der Waals surface area (Å²) in [6.07, 6.45) is 4.30. The zero-order valence-electron chi connectivity index (χ0n) is 23.8. The van der Waals surface area contributed by atoms with E-state index in [-0.39, 0.29) is 17.9 Å². The number of methoxy groups -OCH3 is 1. The van der Waals surface area contributed by atoms with E-state index in [1.807, 2.05) is 37.4 Å². The molecule has 9 heteroatoms. The molecule has 0 aromatic heterocycles. The number of ether oxygens (including phenoxy) is 2. The minimum Gasteiger partial charge on any atom is -0.497 e. The van der Waals surface area contributed by atoms with Crippen LogP contribution >= 0.6 is 11.8 Å². The highest BCUT2D eigenvalue weighted by Crippen LogP contribution is 2.35. The lowest BCUT2D eigenvalue weighted by Gasteiger charge is -2.43. The van der Waals surface area contributed by atoms with Crippen LogP contribution in [0.4, 0.5) is 10.5 Å². The normalized spacial score (nSPS) is 14.9. The van der Waals surface area contributed by atoms with Crippen molar-refractivity contribution in [3.05, 3.63) is 59.7 Å². The molecular weight excluding hydrogens is 514 g/mol.